The van der Waals surface area contributed by atoms with Gasteiger partial charge in [0.25, 0.3) is 5.56 Å². The van der Waals surface area contributed by atoms with Crippen molar-refractivity contribution in [1.29, 1.82) is 0 Å². The van der Waals surface area contributed by atoms with Gasteiger partial charge in [-0.05, 0) is 62.6 Å². The molecular formula is C29H31N3O4. The summed E-state index contributed by atoms with van der Waals surface area (Å²) < 4.78 is 15.2. The Morgan fingerprint density at radius 2 is 1.81 bits per heavy atom. The zero-order valence-corrected chi connectivity index (χ0v) is 21.2. The number of amides is 1. The minimum atomic E-state index is -0.527. The van der Waals surface area contributed by atoms with Crippen molar-refractivity contribution in [3.05, 3.63) is 94.0 Å². The smallest absolute Gasteiger partial charge is 0.410 e. The van der Waals surface area contributed by atoms with E-state index >= 15 is 0 Å². The molecule has 2 aromatic heterocycles. The summed E-state index contributed by atoms with van der Waals surface area (Å²) in [5.41, 5.74) is 4.55. The molecule has 36 heavy (non-hydrogen) atoms. The van der Waals surface area contributed by atoms with Crippen LogP contribution in [-0.2, 0) is 31.4 Å². The van der Waals surface area contributed by atoms with E-state index in [1.54, 1.807) is 15.7 Å². The predicted molar refractivity (Wildman–Crippen MR) is 140 cm³/mol. The largest absolute Gasteiger partial charge is 0.489 e. The first-order valence-corrected chi connectivity index (χ1v) is 12.2. The normalized spacial score (nSPS) is 13.5. The number of aromatic nitrogens is 2. The lowest BCUT2D eigenvalue weighted by molar-refractivity contribution is 0.0220. The molecule has 0 bridgehead atoms. The number of nitrogens with zero attached hydrogens (tertiary/aromatic N) is 3. The van der Waals surface area contributed by atoms with Crippen LogP contribution in [0, 0.1) is 0 Å². The molecule has 186 valence electrons. The number of hydrogen-bond acceptors (Lipinski definition) is 4. The molecule has 5 rings (SSSR count). The van der Waals surface area contributed by atoms with Gasteiger partial charge >= 0.3 is 6.09 Å². The molecular weight excluding hydrogens is 454 g/mol. The van der Waals surface area contributed by atoms with E-state index in [1.807, 2.05) is 76.3 Å². The Balaban J connectivity index is 1.40. The summed E-state index contributed by atoms with van der Waals surface area (Å²) in [7, 11) is 2.02. The topological polar surface area (TPSA) is 65.7 Å². The van der Waals surface area contributed by atoms with Gasteiger partial charge < -0.3 is 18.9 Å². The van der Waals surface area contributed by atoms with Crippen molar-refractivity contribution in [2.24, 2.45) is 7.05 Å². The maximum absolute atomic E-state index is 12.9. The number of carbonyl (C=O) groups excluding carboxylic acids is 1. The van der Waals surface area contributed by atoms with Crippen molar-refractivity contribution in [2.75, 3.05) is 6.54 Å². The first-order chi connectivity index (χ1) is 17.2. The van der Waals surface area contributed by atoms with Crippen molar-refractivity contribution in [1.82, 2.24) is 14.0 Å². The molecule has 1 aliphatic rings. The second-order valence-corrected chi connectivity index (χ2v) is 10.2. The van der Waals surface area contributed by atoms with Gasteiger partial charge in [0.1, 0.15) is 18.0 Å². The van der Waals surface area contributed by atoms with Gasteiger partial charge in [0.15, 0.2) is 0 Å². The van der Waals surface area contributed by atoms with Crippen LogP contribution in [0.4, 0.5) is 4.79 Å². The molecule has 0 unspecified atom stereocenters. The molecule has 4 aromatic rings. The van der Waals surface area contributed by atoms with Gasteiger partial charge in [0.2, 0.25) is 0 Å². The van der Waals surface area contributed by atoms with E-state index < -0.39 is 5.60 Å². The molecule has 0 aliphatic carbocycles. The van der Waals surface area contributed by atoms with Crippen molar-refractivity contribution in [3.8, 4) is 11.4 Å². The second-order valence-electron chi connectivity index (χ2n) is 10.2. The van der Waals surface area contributed by atoms with Crippen LogP contribution < -0.4 is 10.3 Å². The molecule has 7 heteroatoms. The Labute approximate surface area is 210 Å². The Bertz CT molecular complexity index is 1480. The molecule has 0 N–H and O–H groups in total. The fourth-order valence-electron chi connectivity index (χ4n) is 4.69. The average molecular weight is 486 g/mol. The number of fused-ring (bicyclic) bond motifs is 3. The third-order valence-corrected chi connectivity index (χ3v) is 6.46. The number of ether oxygens (including phenoxy) is 2. The molecule has 2 aromatic carbocycles. The van der Waals surface area contributed by atoms with Crippen LogP contribution in [0.1, 0.15) is 37.6 Å². The molecule has 3 heterocycles. The van der Waals surface area contributed by atoms with Gasteiger partial charge in [-0.15, -0.1) is 0 Å². The summed E-state index contributed by atoms with van der Waals surface area (Å²) in [5, 5.41) is 1.10. The van der Waals surface area contributed by atoms with E-state index in [9.17, 15) is 9.59 Å². The summed E-state index contributed by atoms with van der Waals surface area (Å²) in [6.45, 7) is 7.14. The van der Waals surface area contributed by atoms with Crippen LogP contribution in [0.15, 0.2) is 71.7 Å². The maximum Gasteiger partial charge on any atom is 0.410 e. The van der Waals surface area contributed by atoms with E-state index in [2.05, 4.69) is 10.6 Å². The summed E-state index contributed by atoms with van der Waals surface area (Å²) in [5.74, 6) is 0.542. The fourth-order valence-corrected chi connectivity index (χ4v) is 4.69. The number of pyridine rings is 1. The van der Waals surface area contributed by atoms with Crippen molar-refractivity contribution < 1.29 is 14.3 Å². The number of carbonyl (C=O) groups is 1. The van der Waals surface area contributed by atoms with Crippen LogP contribution in [0.3, 0.4) is 0 Å². The minimum absolute atomic E-state index is 0.152. The lowest BCUT2D eigenvalue weighted by atomic mass is 10.0. The average Bonchev–Trinajstić information content (AvgIpc) is 3.13. The van der Waals surface area contributed by atoms with Crippen molar-refractivity contribution in [3.63, 3.8) is 0 Å². The lowest BCUT2D eigenvalue weighted by Crippen LogP contribution is -2.40. The molecule has 0 radical (unpaired) electrons. The Hall–Kier alpha value is -4.00. The van der Waals surface area contributed by atoms with Gasteiger partial charge in [-0.25, -0.2) is 4.79 Å². The highest BCUT2D eigenvalue weighted by Crippen LogP contribution is 2.32. The summed E-state index contributed by atoms with van der Waals surface area (Å²) in [6.07, 6.45) is 2.19. The summed E-state index contributed by atoms with van der Waals surface area (Å²) >= 11 is 0. The van der Waals surface area contributed by atoms with Crippen molar-refractivity contribution >= 4 is 17.0 Å². The van der Waals surface area contributed by atoms with Crippen LogP contribution in [0.2, 0.25) is 0 Å². The molecule has 1 amide bonds. The number of hydrogen-bond donors (Lipinski definition) is 0. The van der Waals surface area contributed by atoms with Gasteiger partial charge in [-0.2, -0.15) is 0 Å². The molecule has 0 fully saturated rings. The Morgan fingerprint density at radius 1 is 1.03 bits per heavy atom. The highest BCUT2D eigenvalue weighted by Gasteiger charge is 2.29. The van der Waals surface area contributed by atoms with Gasteiger partial charge in [0, 0.05) is 48.1 Å². The Morgan fingerprint density at radius 3 is 2.53 bits per heavy atom. The zero-order valence-electron chi connectivity index (χ0n) is 21.2. The first-order valence-electron chi connectivity index (χ1n) is 12.2. The second kappa shape index (κ2) is 9.22. The summed E-state index contributed by atoms with van der Waals surface area (Å²) in [6, 6.07) is 19.2. The molecule has 0 saturated heterocycles. The number of aryl methyl sites for hydroxylation is 1. The zero-order chi connectivity index (χ0) is 25.4. The molecule has 0 spiro atoms. The van der Waals surface area contributed by atoms with Gasteiger partial charge in [-0.1, -0.05) is 30.3 Å². The predicted octanol–water partition coefficient (Wildman–Crippen LogP) is 5.20. The van der Waals surface area contributed by atoms with Crippen LogP contribution in [-0.4, -0.2) is 32.3 Å². The third-order valence-electron chi connectivity index (χ3n) is 6.46. The maximum atomic E-state index is 12.9. The number of benzene rings is 2. The van der Waals surface area contributed by atoms with Crippen LogP contribution in [0.25, 0.3) is 16.6 Å². The SMILES string of the molecule is Cn1c2c(c3cc(-n4ccc(OCc5ccccc5)cc4=O)ccc31)CCN(C(=O)OC(C)(C)C)C2. The molecule has 1 aliphatic heterocycles. The van der Waals surface area contributed by atoms with E-state index in [0.29, 0.717) is 25.4 Å². The third kappa shape index (κ3) is 4.73. The van der Waals surface area contributed by atoms with Crippen LogP contribution >= 0.6 is 0 Å². The highest BCUT2D eigenvalue weighted by molar-refractivity contribution is 5.88. The van der Waals surface area contributed by atoms with Gasteiger partial charge in [0.05, 0.1) is 6.54 Å². The molecule has 0 saturated carbocycles. The minimum Gasteiger partial charge on any atom is -0.489 e. The fraction of sp³-hybridized carbons (Fsp3) is 0.310. The highest BCUT2D eigenvalue weighted by atomic mass is 16.6. The van der Waals surface area contributed by atoms with Crippen LogP contribution in [0.5, 0.6) is 5.75 Å². The van der Waals surface area contributed by atoms with Gasteiger partial charge in [-0.3, -0.25) is 9.36 Å². The summed E-state index contributed by atoms with van der Waals surface area (Å²) in [4.78, 5) is 27.3. The van der Waals surface area contributed by atoms with E-state index in [1.165, 1.54) is 11.6 Å². The Kier molecular flexibility index (Phi) is 6.08. The molecule has 0 atom stereocenters. The van der Waals surface area contributed by atoms with E-state index in [4.69, 9.17) is 9.47 Å². The van der Waals surface area contributed by atoms with E-state index in [-0.39, 0.29) is 11.7 Å². The molecule has 7 nitrogen and oxygen atoms in total. The quantitative estimate of drug-likeness (QED) is 0.399. The van der Waals surface area contributed by atoms with E-state index in [0.717, 1.165) is 34.3 Å². The lowest BCUT2D eigenvalue weighted by Gasteiger charge is -2.30. The standard InChI is InChI=1S/C29H31N3O4/c1-29(2,3)36-28(34)31-14-13-23-24-16-21(10-11-25(24)30(4)26(23)18-31)32-15-12-22(17-27(32)33)35-19-20-8-6-5-7-9-20/h5-12,15-17H,13-14,18-19H2,1-4H3. The van der Waals surface area contributed by atoms with Crippen molar-refractivity contribution in [2.45, 2.75) is 45.9 Å². The monoisotopic (exact) mass is 485 g/mol. The number of rotatable bonds is 4. The first kappa shape index (κ1) is 23.7.